The zero-order chi connectivity index (χ0) is 22.9. The number of carbonyl (C=O) groups excluding carboxylic acids is 1. The van der Waals surface area contributed by atoms with Gasteiger partial charge in [-0.3, -0.25) is 15.6 Å². The Kier molecular flexibility index (Phi) is 6.07. The summed E-state index contributed by atoms with van der Waals surface area (Å²) < 4.78 is 45.8. The van der Waals surface area contributed by atoms with E-state index >= 15 is 0 Å². The Morgan fingerprint density at radius 2 is 1.84 bits per heavy atom. The van der Waals surface area contributed by atoms with Gasteiger partial charge in [0.1, 0.15) is 5.70 Å². The first kappa shape index (κ1) is 22.4. The van der Waals surface area contributed by atoms with Crippen molar-refractivity contribution in [2.75, 3.05) is 18.4 Å². The van der Waals surface area contributed by atoms with Crippen molar-refractivity contribution >= 4 is 29.1 Å². The number of ether oxygens (including phenoxy) is 1. The lowest BCUT2D eigenvalue weighted by Gasteiger charge is -2.32. The highest BCUT2D eigenvalue weighted by atomic mass is 35.5. The number of hydroxylamine groups is 1. The van der Waals surface area contributed by atoms with Gasteiger partial charge >= 0.3 is 12.3 Å². The van der Waals surface area contributed by atoms with Crippen molar-refractivity contribution in [3.63, 3.8) is 0 Å². The summed E-state index contributed by atoms with van der Waals surface area (Å²) >= 11 is 5.71. The van der Waals surface area contributed by atoms with Gasteiger partial charge in [-0.1, -0.05) is 41.4 Å². The van der Waals surface area contributed by atoms with Crippen molar-refractivity contribution in [1.29, 1.82) is 0 Å². The number of rotatable bonds is 3. The first-order valence-corrected chi connectivity index (χ1v) is 10.4. The van der Waals surface area contributed by atoms with Crippen LogP contribution in [0.4, 0.5) is 23.7 Å². The van der Waals surface area contributed by atoms with E-state index in [-0.39, 0.29) is 10.8 Å². The molecule has 1 fully saturated rings. The molecule has 0 bridgehead atoms. The number of hydrogen-bond acceptors (Lipinski definition) is 5. The minimum atomic E-state index is -4.70. The number of benzene rings is 2. The van der Waals surface area contributed by atoms with Crippen LogP contribution in [0.5, 0.6) is 0 Å². The molecule has 0 aromatic heterocycles. The Morgan fingerprint density at radius 3 is 2.50 bits per heavy atom. The normalized spacial score (nSPS) is 17.9. The lowest BCUT2D eigenvalue weighted by molar-refractivity contribution is -0.136. The van der Waals surface area contributed by atoms with Gasteiger partial charge < -0.3 is 10.1 Å². The second-order valence-corrected chi connectivity index (χ2v) is 8.16. The number of nitrogens with one attached hydrogen (secondary N) is 3. The lowest BCUT2D eigenvalue weighted by Crippen LogP contribution is -2.45. The fourth-order valence-electron chi connectivity index (χ4n) is 3.77. The molecule has 2 heterocycles. The van der Waals surface area contributed by atoms with Crippen LogP contribution in [0.2, 0.25) is 5.02 Å². The first-order valence-electron chi connectivity index (χ1n) is 10.0. The largest absolute Gasteiger partial charge is 0.418 e. The smallest absolute Gasteiger partial charge is 0.409 e. The van der Waals surface area contributed by atoms with E-state index in [1.165, 1.54) is 6.07 Å². The van der Waals surface area contributed by atoms with Gasteiger partial charge in [0, 0.05) is 10.6 Å². The van der Waals surface area contributed by atoms with Crippen molar-refractivity contribution in [1.82, 2.24) is 10.8 Å². The van der Waals surface area contributed by atoms with Crippen LogP contribution in [0, 0.1) is 6.92 Å². The van der Waals surface area contributed by atoms with Crippen LogP contribution < -0.4 is 16.1 Å². The van der Waals surface area contributed by atoms with Gasteiger partial charge in [0.15, 0.2) is 11.4 Å². The Morgan fingerprint density at radius 1 is 1.16 bits per heavy atom. The number of amides is 1. The molecule has 0 aliphatic carbocycles. The molecule has 170 valence electrons. The second-order valence-electron chi connectivity index (χ2n) is 7.72. The van der Waals surface area contributed by atoms with Crippen LogP contribution >= 0.6 is 11.6 Å². The van der Waals surface area contributed by atoms with Crippen molar-refractivity contribution < 1.29 is 27.5 Å². The average Bonchev–Trinajstić information content (AvgIpc) is 3.07. The van der Waals surface area contributed by atoms with E-state index in [4.69, 9.17) is 21.2 Å². The van der Waals surface area contributed by atoms with Gasteiger partial charge in [-0.25, -0.2) is 4.79 Å². The van der Waals surface area contributed by atoms with Crippen LogP contribution in [0.1, 0.15) is 29.5 Å². The van der Waals surface area contributed by atoms with E-state index in [1.54, 1.807) is 0 Å². The van der Waals surface area contributed by atoms with Crippen LogP contribution in [0.15, 0.2) is 48.2 Å². The SMILES string of the molecule is Cc1ccc(C2=C(OC(=O)Nc3ccc(Cl)cc3C(F)(F)F)C3(CCNCC3)ON2)cc1. The summed E-state index contributed by atoms with van der Waals surface area (Å²) in [5, 5.41) is 5.32. The van der Waals surface area contributed by atoms with E-state index in [9.17, 15) is 18.0 Å². The molecule has 0 saturated carbocycles. The molecule has 32 heavy (non-hydrogen) atoms. The van der Waals surface area contributed by atoms with Crippen LogP contribution in [0.3, 0.4) is 0 Å². The summed E-state index contributed by atoms with van der Waals surface area (Å²) in [6.45, 7) is 3.21. The Balaban J connectivity index is 1.66. The zero-order valence-corrected chi connectivity index (χ0v) is 17.9. The number of halogens is 4. The summed E-state index contributed by atoms with van der Waals surface area (Å²) in [5.74, 6) is 0.239. The highest BCUT2D eigenvalue weighted by Crippen LogP contribution is 2.41. The molecule has 6 nitrogen and oxygen atoms in total. The molecule has 4 rings (SSSR count). The molecule has 2 aromatic rings. The van der Waals surface area contributed by atoms with Crippen LogP contribution in [0.25, 0.3) is 5.70 Å². The maximum absolute atomic E-state index is 13.4. The third kappa shape index (κ3) is 4.55. The van der Waals surface area contributed by atoms with Crippen molar-refractivity contribution in [2.45, 2.75) is 31.5 Å². The maximum Gasteiger partial charge on any atom is 0.418 e. The van der Waals surface area contributed by atoms with E-state index in [0.717, 1.165) is 23.3 Å². The van der Waals surface area contributed by atoms with E-state index in [1.807, 2.05) is 31.2 Å². The highest BCUT2D eigenvalue weighted by Gasteiger charge is 2.47. The van der Waals surface area contributed by atoms with Gasteiger partial charge in [0.25, 0.3) is 0 Å². The van der Waals surface area contributed by atoms with Gasteiger partial charge in [-0.2, -0.15) is 13.2 Å². The van der Waals surface area contributed by atoms with Crippen LogP contribution in [-0.2, 0) is 15.8 Å². The van der Waals surface area contributed by atoms with Gasteiger partial charge in [0.05, 0.1) is 11.3 Å². The minimum absolute atomic E-state index is 0.0948. The van der Waals surface area contributed by atoms with E-state index in [0.29, 0.717) is 31.6 Å². The number of carbonyl (C=O) groups is 1. The summed E-state index contributed by atoms with van der Waals surface area (Å²) in [6, 6.07) is 10.6. The monoisotopic (exact) mass is 467 g/mol. The van der Waals surface area contributed by atoms with Gasteiger partial charge in [0.2, 0.25) is 0 Å². The number of aryl methyl sites for hydroxylation is 1. The molecule has 2 aromatic carbocycles. The molecule has 1 saturated heterocycles. The number of alkyl halides is 3. The standard InChI is InChI=1S/C22H21ClF3N3O3/c1-13-2-4-14(5-3-13)18-19(21(32-29-18)8-10-27-11-9-21)31-20(30)28-17-7-6-15(23)12-16(17)22(24,25)26/h2-7,12,27,29H,8-11H2,1H3,(H,28,30). The fourth-order valence-corrected chi connectivity index (χ4v) is 3.94. The zero-order valence-electron chi connectivity index (χ0n) is 17.1. The molecule has 0 atom stereocenters. The number of hydrogen-bond donors (Lipinski definition) is 3. The molecular weight excluding hydrogens is 447 g/mol. The summed E-state index contributed by atoms with van der Waals surface area (Å²) in [6.07, 6.45) is -4.71. The summed E-state index contributed by atoms with van der Waals surface area (Å²) in [7, 11) is 0. The minimum Gasteiger partial charge on any atom is -0.409 e. The lowest BCUT2D eigenvalue weighted by atomic mass is 9.89. The molecule has 3 N–H and O–H groups in total. The van der Waals surface area contributed by atoms with Crippen molar-refractivity contribution in [2.24, 2.45) is 0 Å². The predicted octanol–water partition coefficient (Wildman–Crippen LogP) is 5.24. The van der Waals surface area contributed by atoms with E-state index in [2.05, 4.69) is 16.1 Å². The number of piperidine rings is 1. The Bertz CT molecular complexity index is 1050. The summed E-state index contributed by atoms with van der Waals surface area (Å²) in [4.78, 5) is 18.6. The van der Waals surface area contributed by atoms with Gasteiger partial charge in [-0.05, 0) is 51.1 Å². The Labute approximate surface area is 187 Å². The maximum atomic E-state index is 13.4. The molecule has 0 unspecified atom stereocenters. The molecule has 0 radical (unpaired) electrons. The highest BCUT2D eigenvalue weighted by molar-refractivity contribution is 6.30. The molecule has 2 aliphatic heterocycles. The van der Waals surface area contributed by atoms with Crippen molar-refractivity contribution in [3.8, 4) is 0 Å². The third-order valence-electron chi connectivity index (χ3n) is 5.46. The molecule has 10 heteroatoms. The first-order chi connectivity index (χ1) is 15.2. The molecular formula is C22H21ClF3N3O3. The third-order valence-corrected chi connectivity index (χ3v) is 5.69. The predicted molar refractivity (Wildman–Crippen MR) is 114 cm³/mol. The van der Waals surface area contributed by atoms with E-state index < -0.39 is 29.1 Å². The second kappa shape index (κ2) is 8.65. The molecule has 1 spiro atoms. The molecule has 1 amide bonds. The topological polar surface area (TPSA) is 71.6 Å². The Hall–Kier alpha value is -2.75. The van der Waals surface area contributed by atoms with Crippen LogP contribution in [-0.4, -0.2) is 24.8 Å². The number of anilines is 1. The van der Waals surface area contributed by atoms with Crippen molar-refractivity contribution in [3.05, 3.63) is 69.9 Å². The molecule has 2 aliphatic rings. The fraction of sp³-hybridized carbons (Fsp3) is 0.318. The summed E-state index contributed by atoms with van der Waals surface area (Å²) in [5.41, 5.74) is 2.69. The average molecular weight is 468 g/mol. The quantitative estimate of drug-likeness (QED) is 0.575. The van der Waals surface area contributed by atoms with Gasteiger partial charge in [-0.15, -0.1) is 0 Å².